The molecule has 18 heavy (non-hydrogen) atoms. The molecule has 0 saturated heterocycles. The van der Waals surface area contributed by atoms with Crippen molar-refractivity contribution in [3.05, 3.63) is 39.2 Å². The fourth-order valence-corrected chi connectivity index (χ4v) is 1.48. The van der Waals surface area contributed by atoms with Gasteiger partial charge in [0.25, 0.3) is 0 Å². The number of nitrogen functional groups attached to an aromatic ring is 1. The fraction of sp³-hybridized carbons (Fsp3) is 0. The third-order valence-corrected chi connectivity index (χ3v) is 2.28. The molecular weight excluding hydrogens is 306 g/mol. The molecule has 9 heteroatoms. The van der Waals surface area contributed by atoms with E-state index in [4.69, 9.17) is 10.5 Å². The van der Waals surface area contributed by atoms with Crippen molar-refractivity contribution in [3.63, 3.8) is 0 Å². The molecule has 0 aliphatic rings. The molecule has 0 aliphatic carbocycles. The van der Waals surface area contributed by atoms with Crippen LogP contribution in [0.15, 0.2) is 29.1 Å². The van der Waals surface area contributed by atoms with Gasteiger partial charge in [-0.3, -0.25) is 15.1 Å². The third kappa shape index (κ3) is 2.69. The largest absolute Gasteiger partial charge is 0.432 e. The van der Waals surface area contributed by atoms with Crippen molar-refractivity contribution in [2.45, 2.75) is 0 Å². The summed E-state index contributed by atoms with van der Waals surface area (Å²) < 4.78 is 5.94. The molecule has 0 amide bonds. The highest BCUT2D eigenvalue weighted by molar-refractivity contribution is 9.10. The highest BCUT2D eigenvalue weighted by Crippen LogP contribution is 2.29. The number of hydrogen-bond acceptors (Lipinski definition) is 7. The SMILES string of the molecule is Nc1ncc([N+](=O)[O-])c(Oc2cncc(Br)c2)n1. The summed E-state index contributed by atoms with van der Waals surface area (Å²) in [6.45, 7) is 0. The number of halogens is 1. The molecule has 0 unspecified atom stereocenters. The van der Waals surface area contributed by atoms with Gasteiger partial charge in [0.2, 0.25) is 5.95 Å². The van der Waals surface area contributed by atoms with Crippen LogP contribution in [0.4, 0.5) is 11.6 Å². The van der Waals surface area contributed by atoms with E-state index in [0.29, 0.717) is 10.2 Å². The maximum Gasteiger partial charge on any atom is 0.349 e. The van der Waals surface area contributed by atoms with Crippen LogP contribution in [0.1, 0.15) is 0 Å². The molecule has 2 heterocycles. The van der Waals surface area contributed by atoms with Crippen molar-refractivity contribution in [2.75, 3.05) is 5.73 Å². The summed E-state index contributed by atoms with van der Waals surface area (Å²) in [5, 5.41) is 10.8. The highest BCUT2D eigenvalue weighted by atomic mass is 79.9. The maximum absolute atomic E-state index is 10.8. The average Bonchev–Trinajstić information content (AvgIpc) is 2.28. The topological polar surface area (TPSA) is 117 Å². The molecule has 0 atom stereocenters. The Morgan fingerprint density at radius 2 is 2.17 bits per heavy atom. The first-order chi connectivity index (χ1) is 8.56. The van der Waals surface area contributed by atoms with Gasteiger partial charge in [0.05, 0.1) is 11.1 Å². The fourth-order valence-electron chi connectivity index (χ4n) is 1.13. The second-order valence-electron chi connectivity index (χ2n) is 3.12. The minimum atomic E-state index is -0.653. The zero-order valence-electron chi connectivity index (χ0n) is 8.78. The number of nitrogens with zero attached hydrogens (tertiary/aromatic N) is 4. The van der Waals surface area contributed by atoms with Gasteiger partial charge in [-0.15, -0.1) is 0 Å². The molecule has 2 aromatic rings. The Bertz CT molecular complexity index is 607. The van der Waals surface area contributed by atoms with Gasteiger partial charge in [0.1, 0.15) is 11.9 Å². The molecule has 2 aromatic heterocycles. The first kappa shape index (κ1) is 12.2. The Morgan fingerprint density at radius 1 is 1.39 bits per heavy atom. The minimum Gasteiger partial charge on any atom is -0.432 e. The zero-order valence-corrected chi connectivity index (χ0v) is 10.4. The number of aromatic nitrogens is 3. The van der Waals surface area contributed by atoms with Crippen molar-refractivity contribution in [1.29, 1.82) is 0 Å². The second-order valence-corrected chi connectivity index (χ2v) is 4.03. The Balaban J connectivity index is 2.39. The number of pyridine rings is 1. The summed E-state index contributed by atoms with van der Waals surface area (Å²) in [7, 11) is 0. The van der Waals surface area contributed by atoms with Crippen LogP contribution in [0.25, 0.3) is 0 Å². The van der Waals surface area contributed by atoms with E-state index >= 15 is 0 Å². The molecule has 8 nitrogen and oxygen atoms in total. The quantitative estimate of drug-likeness (QED) is 0.679. The van der Waals surface area contributed by atoms with Gasteiger partial charge < -0.3 is 10.5 Å². The Labute approximate surface area is 109 Å². The van der Waals surface area contributed by atoms with Gasteiger partial charge in [-0.25, -0.2) is 4.98 Å². The number of anilines is 1. The van der Waals surface area contributed by atoms with Gasteiger partial charge in [-0.05, 0) is 22.0 Å². The van der Waals surface area contributed by atoms with Crippen LogP contribution < -0.4 is 10.5 Å². The van der Waals surface area contributed by atoms with Crippen molar-refractivity contribution in [3.8, 4) is 11.6 Å². The van der Waals surface area contributed by atoms with Crippen LogP contribution in [-0.2, 0) is 0 Å². The Hall–Kier alpha value is -2.29. The molecule has 2 rings (SSSR count). The van der Waals surface area contributed by atoms with Crippen LogP contribution in [0.2, 0.25) is 0 Å². The van der Waals surface area contributed by atoms with Crippen molar-refractivity contribution in [1.82, 2.24) is 15.0 Å². The maximum atomic E-state index is 10.8. The van der Waals surface area contributed by atoms with Crippen molar-refractivity contribution < 1.29 is 9.66 Å². The smallest absolute Gasteiger partial charge is 0.349 e. The van der Waals surface area contributed by atoms with Crippen molar-refractivity contribution in [2.24, 2.45) is 0 Å². The normalized spacial score (nSPS) is 10.1. The molecule has 92 valence electrons. The van der Waals surface area contributed by atoms with Gasteiger partial charge >= 0.3 is 11.6 Å². The van der Waals surface area contributed by atoms with E-state index in [9.17, 15) is 10.1 Å². The van der Waals surface area contributed by atoms with E-state index in [1.54, 1.807) is 12.3 Å². The molecule has 0 bridgehead atoms. The van der Waals surface area contributed by atoms with E-state index in [1.165, 1.54) is 6.20 Å². The van der Waals surface area contributed by atoms with Crippen LogP contribution in [0.5, 0.6) is 11.6 Å². The molecule has 0 spiro atoms. The summed E-state index contributed by atoms with van der Waals surface area (Å²) >= 11 is 3.20. The van der Waals surface area contributed by atoms with Gasteiger partial charge in [-0.1, -0.05) is 0 Å². The lowest BCUT2D eigenvalue weighted by molar-refractivity contribution is -0.386. The average molecular weight is 312 g/mol. The molecule has 0 radical (unpaired) electrons. The van der Waals surface area contributed by atoms with Crippen molar-refractivity contribution >= 4 is 27.6 Å². The molecule has 0 aliphatic heterocycles. The van der Waals surface area contributed by atoms with E-state index < -0.39 is 4.92 Å². The summed E-state index contributed by atoms with van der Waals surface area (Å²) in [5.74, 6) is -0.0449. The third-order valence-electron chi connectivity index (χ3n) is 1.85. The number of hydrogen-bond donors (Lipinski definition) is 1. The summed E-state index contributed by atoms with van der Waals surface area (Å²) in [6, 6.07) is 1.59. The summed E-state index contributed by atoms with van der Waals surface area (Å²) in [6.07, 6.45) is 3.94. The molecule has 2 N–H and O–H groups in total. The number of nitro groups is 1. The monoisotopic (exact) mass is 311 g/mol. The predicted octanol–water partition coefficient (Wildman–Crippen LogP) is 1.92. The van der Waals surface area contributed by atoms with Crippen LogP contribution in [-0.4, -0.2) is 19.9 Å². The lowest BCUT2D eigenvalue weighted by atomic mass is 10.4. The van der Waals surface area contributed by atoms with Gasteiger partial charge in [-0.2, -0.15) is 4.98 Å². The van der Waals surface area contributed by atoms with Crippen LogP contribution >= 0.6 is 15.9 Å². The zero-order chi connectivity index (χ0) is 13.1. The van der Waals surface area contributed by atoms with E-state index in [2.05, 4.69) is 30.9 Å². The number of ether oxygens (including phenoxy) is 1. The lowest BCUT2D eigenvalue weighted by Crippen LogP contribution is -2.01. The second kappa shape index (κ2) is 4.92. The standard InChI is InChI=1S/C9H6BrN5O3/c10-5-1-6(3-12-2-5)18-8-7(15(16)17)4-13-9(11)14-8/h1-4H,(H2,11,13,14). The summed E-state index contributed by atoms with van der Waals surface area (Å²) in [5.41, 5.74) is 4.99. The summed E-state index contributed by atoms with van der Waals surface area (Å²) in [4.78, 5) is 21.2. The molecular formula is C9H6BrN5O3. The first-order valence-electron chi connectivity index (χ1n) is 4.61. The molecule has 0 aromatic carbocycles. The Morgan fingerprint density at radius 3 is 2.83 bits per heavy atom. The number of rotatable bonds is 3. The number of nitrogens with two attached hydrogens (primary N) is 1. The Kier molecular flexibility index (Phi) is 3.33. The van der Waals surface area contributed by atoms with E-state index in [-0.39, 0.29) is 17.5 Å². The first-order valence-corrected chi connectivity index (χ1v) is 5.41. The van der Waals surface area contributed by atoms with Gasteiger partial charge in [0, 0.05) is 10.7 Å². The molecule has 0 fully saturated rings. The van der Waals surface area contributed by atoms with E-state index in [1.807, 2.05) is 0 Å². The highest BCUT2D eigenvalue weighted by Gasteiger charge is 2.19. The minimum absolute atomic E-state index is 0.112. The van der Waals surface area contributed by atoms with Gasteiger partial charge in [0.15, 0.2) is 0 Å². The lowest BCUT2D eigenvalue weighted by Gasteiger charge is -2.05. The van der Waals surface area contributed by atoms with E-state index in [0.717, 1.165) is 6.20 Å². The van der Waals surface area contributed by atoms with Crippen LogP contribution in [0.3, 0.4) is 0 Å². The van der Waals surface area contributed by atoms with Crippen LogP contribution in [0, 0.1) is 10.1 Å². The predicted molar refractivity (Wildman–Crippen MR) is 65.1 cm³/mol. The molecule has 0 saturated carbocycles.